The Morgan fingerprint density at radius 2 is 1.97 bits per heavy atom. The molecule has 6 nitrogen and oxygen atoms in total. The van der Waals surface area contributed by atoms with E-state index in [1.54, 1.807) is 38.1 Å². The number of benzene rings is 1. The van der Waals surface area contributed by atoms with Crippen LogP contribution in [0.15, 0.2) is 46.8 Å². The molecule has 154 valence electrons. The summed E-state index contributed by atoms with van der Waals surface area (Å²) >= 11 is 6.47. The minimum absolute atomic E-state index is 0.201. The van der Waals surface area contributed by atoms with Gasteiger partial charge in [0.25, 0.3) is 0 Å². The number of ketones is 1. The van der Waals surface area contributed by atoms with Crippen LogP contribution in [0.4, 0.5) is 0 Å². The number of hydrogen-bond donors (Lipinski definition) is 1. The molecule has 1 aliphatic carbocycles. The van der Waals surface area contributed by atoms with E-state index in [4.69, 9.17) is 21.1 Å². The Kier molecular flexibility index (Phi) is 6.13. The van der Waals surface area contributed by atoms with Crippen LogP contribution in [0.2, 0.25) is 5.02 Å². The SMILES string of the molecule is CCOC(=O)C1=C(C)NC2=C(C(=O)C(C(=O)OC)C(C)C2)C1c1ccccc1Cl. The summed E-state index contributed by atoms with van der Waals surface area (Å²) in [7, 11) is 1.27. The first kappa shape index (κ1) is 21.1. The number of nitrogens with one attached hydrogen (secondary N) is 1. The molecule has 0 saturated heterocycles. The van der Waals surface area contributed by atoms with E-state index in [-0.39, 0.29) is 18.3 Å². The molecule has 0 fully saturated rings. The van der Waals surface area contributed by atoms with Gasteiger partial charge in [-0.3, -0.25) is 9.59 Å². The van der Waals surface area contributed by atoms with Gasteiger partial charge in [-0.05, 0) is 37.8 Å². The Morgan fingerprint density at radius 3 is 2.59 bits per heavy atom. The van der Waals surface area contributed by atoms with E-state index in [0.717, 1.165) is 0 Å². The lowest BCUT2D eigenvalue weighted by molar-refractivity contribution is -0.151. The minimum Gasteiger partial charge on any atom is -0.468 e. The number of esters is 2. The van der Waals surface area contributed by atoms with Crippen LogP contribution in [0.1, 0.15) is 38.7 Å². The van der Waals surface area contributed by atoms with Gasteiger partial charge >= 0.3 is 11.9 Å². The Morgan fingerprint density at radius 1 is 1.28 bits per heavy atom. The molecule has 3 unspecified atom stereocenters. The Labute approximate surface area is 174 Å². The maximum atomic E-state index is 13.5. The average molecular weight is 418 g/mol. The largest absolute Gasteiger partial charge is 0.468 e. The fourth-order valence-electron chi connectivity index (χ4n) is 4.18. The van der Waals surface area contributed by atoms with E-state index in [2.05, 4.69) is 5.32 Å². The zero-order valence-electron chi connectivity index (χ0n) is 16.9. The summed E-state index contributed by atoms with van der Waals surface area (Å²) in [6.07, 6.45) is 0.481. The van der Waals surface area contributed by atoms with Crippen molar-refractivity contribution < 1.29 is 23.9 Å². The molecule has 0 aromatic heterocycles. The molecular weight excluding hydrogens is 394 g/mol. The van der Waals surface area contributed by atoms with Gasteiger partial charge in [-0.2, -0.15) is 0 Å². The van der Waals surface area contributed by atoms with Crippen molar-refractivity contribution in [3.63, 3.8) is 0 Å². The lowest BCUT2D eigenvalue weighted by atomic mass is 9.69. The normalized spacial score (nSPS) is 24.0. The first-order valence-corrected chi connectivity index (χ1v) is 9.93. The van der Waals surface area contributed by atoms with Crippen LogP contribution in [0.3, 0.4) is 0 Å². The summed E-state index contributed by atoms with van der Waals surface area (Å²) in [6, 6.07) is 7.08. The molecule has 3 rings (SSSR count). The van der Waals surface area contributed by atoms with Crippen molar-refractivity contribution in [3.05, 3.63) is 57.4 Å². The molecule has 29 heavy (non-hydrogen) atoms. The van der Waals surface area contributed by atoms with Crippen molar-refractivity contribution in [3.8, 4) is 0 Å². The molecule has 0 saturated carbocycles. The molecule has 0 spiro atoms. The fourth-order valence-corrected chi connectivity index (χ4v) is 4.42. The second kappa shape index (κ2) is 8.41. The number of rotatable bonds is 4. The third kappa shape index (κ3) is 3.69. The van der Waals surface area contributed by atoms with Gasteiger partial charge in [0.15, 0.2) is 5.78 Å². The number of allylic oxidation sites excluding steroid dienone is 3. The molecule has 3 atom stereocenters. The van der Waals surface area contributed by atoms with Crippen molar-refractivity contribution in [2.45, 2.75) is 33.1 Å². The number of halogens is 1. The monoisotopic (exact) mass is 417 g/mol. The molecule has 2 aliphatic rings. The van der Waals surface area contributed by atoms with Gasteiger partial charge in [-0.15, -0.1) is 0 Å². The topological polar surface area (TPSA) is 81.7 Å². The Bertz CT molecular complexity index is 933. The van der Waals surface area contributed by atoms with Crippen LogP contribution in [-0.4, -0.2) is 31.4 Å². The number of carbonyl (C=O) groups excluding carboxylic acids is 3. The number of carbonyl (C=O) groups is 3. The van der Waals surface area contributed by atoms with E-state index in [1.165, 1.54) is 7.11 Å². The Hall–Kier alpha value is -2.60. The van der Waals surface area contributed by atoms with Crippen molar-refractivity contribution >= 4 is 29.3 Å². The predicted molar refractivity (Wildman–Crippen MR) is 108 cm³/mol. The number of Topliss-reactive ketones (excluding diaryl/α,β-unsaturated/α-hetero) is 1. The minimum atomic E-state index is -0.924. The third-order valence-corrected chi connectivity index (χ3v) is 5.80. The number of hydrogen-bond acceptors (Lipinski definition) is 6. The summed E-state index contributed by atoms with van der Waals surface area (Å²) in [4.78, 5) is 38.7. The molecule has 0 amide bonds. The lowest BCUT2D eigenvalue weighted by Gasteiger charge is -2.38. The van der Waals surface area contributed by atoms with Gasteiger partial charge in [0, 0.05) is 27.9 Å². The van der Waals surface area contributed by atoms with Gasteiger partial charge in [0.2, 0.25) is 0 Å². The van der Waals surface area contributed by atoms with Crippen molar-refractivity contribution in [2.24, 2.45) is 11.8 Å². The molecule has 1 N–H and O–H groups in total. The van der Waals surface area contributed by atoms with Gasteiger partial charge < -0.3 is 14.8 Å². The zero-order valence-corrected chi connectivity index (χ0v) is 17.6. The van der Waals surface area contributed by atoms with E-state index >= 15 is 0 Å². The van der Waals surface area contributed by atoms with Gasteiger partial charge in [0.05, 0.1) is 19.3 Å². The van der Waals surface area contributed by atoms with Crippen LogP contribution >= 0.6 is 11.6 Å². The van der Waals surface area contributed by atoms with E-state index < -0.39 is 23.8 Å². The predicted octanol–water partition coefficient (Wildman–Crippen LogP) is 3.52. The number of ether oxygens (including phenoxy) is 2. The van der Waals surface area contributed by atoms with E-state index in [0.29, 0.717) is 39.5 Å². The standard InChI is InChI=1S/C22H24ClNO5/c1-5-29-22(27)17-12(3)24-15-10-11(2)16(21(26)28-4)20(25)19(15)18(17)13-8-6-7-9-14(13)23/h6-9,11,16,18,24H,5,10H2,1-4H3. The molecule has 1 aromatic rings. The van der Waals surface area contributed by atoms with Gasteiger partial charge in [-0.1, -0.05) is 36.7 Å². The van der Waals surface area contributed by atoms with Crippen LogP contribution in [-0.2, 0) is 23.9 Å². The highest BCUT2D eigenvalue weighted by Crippen LogP contribution is 2.46. The van der Waals surface area contributed by atoms with Crippen molar-refractivity contribution in [1.29, 1.82) is 0 Å². The number of dihydropyridines is 1. The van der Waals surface area contributed by atoms with Crippen LogP contribution < -0.4 is 5.32 Å². The molecule has 1 aromatic carbocycles. The highest BCUT2D eigenvalue weighted by atomic mass is 35.5. The lowest BCUT2D eigenvalue weighted by Crippen LogP contribution is -2.43. The van der Waals surface area contributed by atoms with Crippen LogP contribution in [0.5, 0.6) is 0 Å². The van der Waals surface area contributed by atoms with Crippen molar-refractivity contribution in [2.75, 3.05) is 13.7 Å². The molecule has 0 bridgehead atoms. The average Bonchev–Trinajstić information content (AvgIpc) is 2.67. The summed E-state index contributed by atoms with van der Waals surface area (Å²) < 4.78 is 10.1. The molecule has 1 heterocycles. The Balaban J connectivity index is 2.21. The van der Waals surface area contributed by atoms with E-state index in [1.807, 2.05) is 6.92 Å². The third-order valence-electron chi connectivity index (χ3n) is 5.45. The number of methoxy groups -OCH3 is 1. The van der Waals surface area contributed by atoms with Gasteiger partial charge in [0.1, 0.15) is 5.92 Å². The maximum absolute atomic E-state index is 13.5. The second-order valence-electron chi connectivity index (χ2n) is 7.28. The summed E-state index contributed by atoms with van der Waals surface area (Å²) in [5.74, 6) is -3.31. The maximum Gasteiger partial charge on any atom is 0.336 e. The smallest absolute Gasteiger partial charge is 0.336 e. The molecule has 7 heteroatoms. The summed E-state index contributed by atoms with van der Waals surface area (Å²) in [5.41, 5.74) is 2.64. The molecular formula is C22H24ClNO5. The molecule has 0 radical (unpaired) electrons. The van der Waals surface area contributed by atoms with E-state index in [9.17, 15) is 14.4 Å². The summed E-state index contributed by atoms with van der Waals surface area (Å²) in [5, 5.41) is 3.64. The first-order chi connectivity index (χ1) is 13.8. The highest BCUT2D eigenvalue weighted by molar-refractivity contribution is 6.31. The first-order valence-electron chi connectivity index (χ1n) is 9.56. The van der Waals surface area contributed by atoms with Crippen LogP contribution in [0, 0.1) is 11.8 Å². The highest BCUT2D eigenvalue weighted by Gasteiger charge is 2.47. The quantitative estimate of drug-likeness (QED) is 0.596. The summed E-state index contributed by atoms with van der Waals surface area (Å²) in [6.45, 7) is 5.54. The second-order valence-corrected chi connectivity index (χ2v) is 7.68. The zero-order chi connectivity index (χ0) is 21.3. The van der Waals surface area contributed by atoms with Gasteiger partial charge in [-0.25, -0.2) is 4.79 Å². The molecule has 1 aliphatic heterocycles. The van der Waals surface area contributed by atoms with Crippen molar-refractivity contribution in [1.82, 2.24) is 5.32 Å². The van der Waals surface area contributed by atoms with Crippen LogP contribution in [0.25, 0.3) is 0 Å². The fraction of sp³-hybridized carbons (Fsp3) is 0.409.